The molecule has 0 bridgehead atoms. The minimum Gasteiger partial charge on any atom is -0.207 e. The Morgan fingerprint density at radius 3 is 2.09 bits per heavy atom. The quantitative estimate of drug-likeness (QED) is 0.537. The van der Waals surface area contributed by atoms with Gasteiger partial charge in [-0.2, -0.15) is 0 Å². The molecule has 0 aliphatic rings. The Morgan fingerprint density at radius 1 is 1.18 bits per heavy atom. The first-order valence-corrected chi connectivity index (χ1v) is 3.93. The van der Waals surface area contributed by atoms with Crippen LogP contribution in [0.3, 0.4) is 0 Å². The fraction of sp³-hybridized carbons (Fsp3) is 0.400. The van der Waals surface area contributed by atoms with E-state index in [-0.39, 0.29) is 7.24 Å². The minimum absolute atomic E-state index is 0. The van der Waals surface area contributed by atoms with Gasteiger partial charge in [-0.25, -0.2) is 4.39 Å². The molecule has 0 aliphatic heterocycles. The van der Waals surface area contributed by atoms with E-state index in [0.29, 0.717) is 5.56 Å². The van der Waals surface area contributed by atoms with Crippen molar-refractivity contribution in [3.63, 3.8) is 0 Å². The zero-order valence-electron chi connectivity index (χ0n) is 7.61. The summed E-state index contributed by atoms with van der Waals surface area (Å²) in [6, 6.07) is 5.22. The Hall–Kier alpha value is -0.850. The van der Waals surface area contributed by atoms with Crippen LogP contribution in [-0.4, -0.2) is 0 Å². The number of halogens is 1. The van der Waals surface area contributed by atoms with Crippen molar-refractivity contribution >= 4 is 0 Å². The zero-order valence-corrected chi connectivity index (χ0v) is 7.61. The lowest BCUT2D eigenvalue weighted by atomic mass is 10.2. The average Bonchev–Trinajstić information content (AvgIpc) is 2.02. The highest BCUT2D eigenvalue weighted by Gasteiger charge is 1.93. The van der Waals surface area contributed by atoms with E-state index in [1.807, 2.05) is 26.8 Å². The van der Waals surface area contributed by atoms with Crippen molar-refractivity contribution in [2.24, 2.45) is 0 Å². The van der Waals surface area contributed by atoms with E-state index in [2.05, 4.69) is 0 Å². The van der Waals surface area contributed by atoms with Gasteiger partial charge < -0.3 is 0 Å². The van der Waals surface area contributed by atoms with Crippen LogP contribution in [0.2, 0.25) is 0 Å². The molecule has 0 amide bonds. The highest BCUT2D eigenvalue weighted by molar-refractivity contribution is 5.21. The summed E-state index contributed by atoms with van der Waals surface area (Å²) in [5, 5.41) is 0. The first-order valence-electron chi connectivity index (χ1n) is 3.93. The maximum absolute atomic E-state index is 12.6. The number of aryl methyl sites for hydroxylation is 2. The first-order chi connectivity index (χ1) is 5.20. The normalized spacial score (nSPS) is 8.45. The van der Waals surface area contributed by atoms with E-state index < -0.39 is 0 Å². The molecule has 0 spiro atoms. The lowest BCUT2D eigenvalue weighted by Gasteiger charge is -1.94. The second-order valence-corrected chi connectivity index (χ2v) is 2.25. The monoisotopic (exact) mass is 156 g/mol. The molecule has 0 unspecified atom stereocenters. The molecule has 1 rings (SSSR count). The largest absolute Gasteiger partial charge is 0.207 e. The van der Waals surface area contributed by atoms with Gasteiger partial charge in [0.25, 0.3) is 0 Å². The van der Waals surface area contributed by atoms with Gasteiger partial charge in [0.2, 0.25) is 0 Å². The summed E-state index contributed by atoms with van der Waals surface area (Å²) in [6.07, 6.45) is 0. The molecule has 1 aromatic rings. The van der Waals surface area contributed by atoms with Gasteiger partial charge in [-0.15, -0.1) is 0 Å². The molecule has 0 atom stereocenters. The molecular formula is C10H17F. The average molecular weight is 156 g/mol. The van der Waals surface area contributed by atoms with Gasteiger partial charge in [-0.1, -0.05) is 26.0 Å². The van der Waals surface area contributed by atoms with E-state index in [4.69, 9.17) is 0 Å². The van der Waals surface area contributed by atoms with Gasteiger partial charge in [0.15, 0.2) is 0 Å². The van der Waals surface area contributed by atoms with Crippen LogP contribution < -0.4 is 0 Å². The van der Waals surface area contributed by atoms with Crippen molar-refractivity contribution in [1.82, 2.24) is 0 Å². The molecule has 0 saturated carbocycles. The Labute approximate surface area is 69.5 Å². The second kappa shape index (κ2) is 4.89. The summed E-state index contributed by atoms with van der Waals surface area (Å²) in [6.45, 7) is 7.64. The fourth-order valence-electron chi connectivity index (χ4n) is 0.698. The molecule has 0 fully saturated rings. The summed E-state index contributed by atoms with van der Waals surface area (Å²) >= 11 is 0. The van der Waals surface area contributed by atoms with Gasteiger partial charge in [0.1, 0.15) is 5.82 Å². The molecule has 0 aliphatic carbocycles. The third-order valence-electron chi connectivity index (χ3n) is 1.33. The van der Waals surface area contributed by atoms with Crippen molar-refractivity contribution in [3.8, 4) is 0 Å². The summed E-state index contributed by atoms with van der Waals surface area (Å²) in [7, 11) is 0. The van der Waals surface area contributed by atoms with Crippen molar-refractivity contribution in [2.45, 2.75) is 27.7 Å². The van der Waals surface area contributed by atoms with Crippen LogP contribution in [0.15, 0.2) is 18.2 Å². The third kappa shape index (κ3) is 3.17. The predicted molar refractivity (Wildman–Crippen MR) is 49.3 cm³/mol. The molecule has 0 nitrogen and oxygen atoms in total. The van der Waals surface area contributed by atoms with E-state index in [1.54, 1.807) is 13.0 Å². The van der Waals surface area contributed by atoms with Crippen molar-refractivity contribution < 1.29 is 5.82 Å². The molecule has 0 saturated heterocycles. The molecule has 64 valence electrons. The second-order valence-electron chi connectivity index (χ2n) is 2.25. The molecule has 0 radical (unpaired) electrons. The maximum Gasteiger partial charge on any atom is 0.126 e. The molecule has 1 aromatic carbocycles. The van der Waals surface area contributed by atoms with Crippen LogP contribution in [-0.2, 0) is 0 Å². The van der Waals surface area contributed by atoms with Crippen molar-refractivity contribution in [3.05, 3.63) is 35.1 Å². The van der Waals surface area contributed by atoms with Crippen molar-refractivity contribution in [1.29, 1.82) is 0 Å². The number of hydrogen-bond donors (Lipinski definition) is 0. The topological polar surface area (TPSA) is 0 Å². The summed E-state index contributed by atoms with van der Waals surface area (Å²) in [5.41, 5.74) is 1.68. The van der Waals surface area contributed by atoms with E-state index >= 15 is 0 Å². The Bertz CT molecular complexity index is 221. The molecule has 11 heavy (non-hydrogen) atoms. The van der Waals surface area contributed by atoms with E-state index in [9.17, 15) is 4.39 Å². The highest BCUT2D eigenvalue weighted by atomic mass is 19.1. The number of hydrogen-bond acceptors (Lipinski definition) is 0. The van der Waals surface area contributed by atoms with Crippen LogP contribution in [0.4, 0.5) is 4.39 Å². The van der Waals surface area contributed by atoms with Crippen LogP contribution in [0, 0.1) is 19.7 Å². The van der Waals surface area contributed by atoms with E-state index in [0.717, 1.165) is 5.56 Å². The molecule has 0 N–H and O–H groups in total. The van der Waals surface area contributed by atoms with Gasteiger partial charge in [0.05, 0.1) is 0 Å². The Balaban J connectivity index is 0. The number of benzene rings is 1. The third-order valence-corrected chi connectivity index (χ3v) is 1.33. The van der Waals surface area contributed by atoms with Crippen molar-refractivity contribution in [2.75, 3.05) is 0 Å². The lowest BCUT2D eigenvalue weighted by Crippen LogP contribution is -1.81. The maximum atomic E-state index is 12.6. The summed E-state index contributed by atoms with van der Waals surface area (Å²) in [4.78, 5) is 0. The lowest BCUT2D eigenvalue weighted by molar-refractivity contribution is 0.617. The van der Waals surface area contributed by atoms with Crippen LogP contribution in [0.5, 0.6) is 0 Å². The minimum atomic E-state index is -0.116. The molecule has 1 heteroatoms. The van der Waals surface area contributed by atoms with Gasteiger partial charge in [-0.05, 0) is 31.0 Å². The Morgan fingerprint density at radius 2 is 1.73 bits per heavy atom. The summed E-state index contributed by atoms with van der Waals surface area (Å²) in [5.74, 6) is -0.116. The van der Waals surface area contributed by atoms with Gasteiger partial charge in [0, 0.05) is 1.43 Å². The van der Waals surface area contributed by atoms with Crippen LogP contribution >= 0.6 is 0 Å². The smallest absolute Gasteiger partial charge is 0.126 e. The Kier molecular flexibility index (Phi) is 4.51. The predicted octanol–water partition coefficient (Wildman–Crippen LogP) is 3.71. The highest BCUT2D eigenvalue weighted by Crippen LogP contribution is 2.06. The molecule has 0 aromatic heterocycles. The molecular weight excluding hydrogens is 139 g/mol. The molecule has 0 heterocycles. The van der Waals surface area contributed by atoms with E-state index in [1.165, 1.54) is 6.07 Å². The first kappa shape index (κ1) is 10.2. The summed E-state index contributed by atoms with van der Waals surface area (Å²) < 4.78 is 12.6. The zero-order chi connectivity index (χ0) is 8.85. The van der Waals surface area contributed by atoms with Crippen LogP contribution in [0.25, 0.3) is 0 Å². The van der Waals surface area contributed by atoms with Crippen LogP contribution in [0.1, 0.15) is 26.4 Å². The number of rotatable bonds is 0. The van der Waals surface area contributed by atoms with Gasteiger partial charge in [-0.3, -0.25) is 0 Å². The SMILES string of the molecule is CC.Cc1ccc(C)c(F)c1.[HH]. The fourth-order valence-corrected chi connectivity index (χ4v) is 0.698. The standard InChI is InChI=1S/C8H9F.C2H6.H2/c1-6-3-4-7(2)8(9)5-6;1-2;/h3-5H,1-2H3;1-2H3;1H. The van der Waals surface area contributed by atoms with Gasteiger partial charge >= 0.3 is 0 Å².